The lowest BCUT2D eigenvalue weighted by Gasteiger charge is -2.46. The van der Waals surface area contributed by atoms with Crippen LogP contribution in [0.5, 0.6) is 0 Å². The van der Waals surface area contributed by atoms with Gasteiger partial charge in [-0.2, -0.15) is 0 Å². The number of hydrogen-bond donors (Lipinski definition) is 2. The number of thiophene rings is 1. The maximum atomic E-state index is 12.6. The molecule has 0 aromatic carbocycles. The van der Waals surface area contributed by atoms with Crippen molar-refractivity contribution in [1.29, 1.82) is 0 Å². The van der Waals surface area contributed by atoms with E-state index in [1.807, 2.05) is 0 Å². The van der Waals surface area contributed by atoms with Gasteiger partial charge in [-0.15, -0.1) is 11.3 Å². The second-order valence-corrected chi connectivity index (χ2v) is 8.10. The Morgan fingerprint density at radius 2 is 2.05 bits per heavy atom. The molecule has 1 amide bonds. The van der Waals surface area contributed by atoms with E-state index in [-0.39, 0.29) is 23.3 Å². The summed E-state index contributed by atoms with van der Waals surface area (Å²) in [7, 11) is 0. The summed E-state index contributed by atoms with van der Waals surface area (Å²) in [5.74, 6) is 0.624. The van der Waals surface area contributed by atoms with Crippen LogP contribution in [-0.4, -0.2) is 11.9 Å². The van der Waals surface area contributed by atoms with Crippen LogP contribution in [0.3, 0.4) is 0 Å². The van der Waals surface area contributed by atoms with Crippen LogP contribution in [0, 0.1) is 17.3 Å². The normalized spacial score (nSPS) is 28.3. The highest BCUT2D eigenvalue weighted by atomic mass is 32.1. The molecule has 0 radical (unpaired) electrons. The van der Waals surface area contributed by atoms with Gasteiger partial charge in [-0.25, -0.2) is 0 Å². The van der Waals surface area contributed by atoms with Gasteiger partial charge in [0.1, 0.15) is 0 Å². The topological polar surface area (TPSA) is 55.1 Å². The highest BCUT2D eigenvalue weighted by molar-refractivity contribution is 7.11. The van der Waals surface area contributed by atoms with Crippen molar-refractivity contribution in [3.05, 3.63) is 21.9 Å². The molecule has 0 saturated heterocycles. The summed E-state index contributed by atoms with van der Waals surface area (Å²) < 4.78 is 0. The molecule has 3 N–H and O–H groups in total. The van der Waals surface area contributed by atoms with E-state index in [2.05, 4.69) is 45.1 Å². The molecular formula is C17H28N2OS. The van der Waals surface area contributed by atoms with Gasteiger partial charge in [-0.3, -0.25) is 4.79 Å². The van der Waals surface area contributed by atoms with Crippen LogP contribution in [0.2, 0.25) is 0 Å². The molecule has 1 aromatic heterocycles. The maximum absolute atomic E-state index is 12.6. The predicted octanol–water partition coefficient (Wildman–Crippen LogP) is 3.33. The molecule has 1 aliphatic carbocycles. The summed E-state index contributed by atoms with van der Waals surface area (Å²) >= 11 is 1.79. The Morgan fingerprint density at radius 3 is 2.67 bits per heavy atom. The zero-order valence-corrected chi connectivity index (χ0v) is 14.4. The van der Waals surface area contributed by atoms with E-state index in [0.29, 0.717) is 12.5 Å². The molecule has 2 rings (SSSR count). The fraction of sp³-hybridized carbons (Fsp3) is 0.706. The van der Waals surface area contributed by atoms with Crippen molar-refractivity contribution >= 4 is 17.2 Å². The monoisotopic (exact) mass is 308 g/mol. The number of carbonyl (C=O) groups excluding carboxylic acids is 1. The van der Waals surface area contributed by atoms with E-state index in [1.54, 1.807) is 11.3 Å². The standard InChI is InChI=1S/C17H28N2OS/c1-5-12-6-7-13(21-12)10-19-16(20)14-8-9-15(18)11(2)17(14,3)4/h6-7,11,14-15H,5,8-10,18H2,1-4H3,(H,19,20). The van der Waals surface area contributed by atoms with Crippen LogP contribution in [0.4, 0.5) is 0 Å². The maximum Gasteiger partial charge on any atom is 0.223 e. The zero-order chi connectivity index (χ0) is 15.6. The van der Waals surface area contributed by atoms with Gasteiger partial charge in [0.25, 0.3) is 0 Å². The molecule has 1 aliphatic rings. The Balaban J connectivity index is 1.96. The predicted molar refractivity (Wildman–Crippen MR) is 89.2 cm³/mol. The largest absolute Gasteiger partial charge is 0.351 e. The minimum atomic E-state index is -0.0359. The van der Waals surface area contributed by atoms with Gasteiger partial charge in [0.15, 0.2) is 0 Å². The molecule has 1 saturated carbocycles. The third kappa shape index (κ3) is 3.49. The highest BCUT2D eigenvalue weighted by Gasteiger charge is 2.44. The smallest absolute Gasteiger partial charge is 0.223 e. The van der Waals surface area contributed by atoms with Gasteiger partial charge in [0.2, 0.25) is 5.91 Å². The lowest BCUT2D eigenvalue weighted by Crippen LogP contribution is -2.51. The third-order valence-electron chi connectivity index (χ3n) is 5.32. The van der Waals surface area contributed by atoms with Crippen molar-refractivity contribution in [2.45, 2.75) is 59.5 Å². The van der Waals surface area contributed by atoms with Crippen molar-refractivity contribution in [2.75, 3.05) is 0 Å². The molecule has 0 spiro atoms. The summed E-state index contributed by atoms with van der Waals surface area (Å²) in [6.07, 6.45) is 2.90. The zero-order valence-electron chi connectivity index (χ0n) is 13.6. The summed E-state index contributed by atoms with van der Waals surface area (Å²) in [6, 6.07) is 4.49. The SMILES string of the molecule is CCc1ccc(CNC(=O)C2CCC(N)C(C)C2(C)C)s1. The van der Waals surface area contributed by atoms with Crippen molar-refractivity contribution < 1.29 is 4.79 Å². The Hall–Kier alpha value is -0.870. The highest BCUT2D eigenvalue weighted by Crippen LogP contribution is 2.44. The first-order valence-electron chi connectivity index (χ1n) is 7.97. The second kappa shape index (κ2) is 6.49. The van der Waals surface area contributed by atoms with E-state index >= 15 is 0 Å². The molecule has 3 nitrogen and oxygen atoms in total. The summed E-state index contributed by atoms with van der Waals surface area (Å²) in [5.41, 5.74) is 6.13. The van der Waals surface area contributed by atoms with Crippen molar-refractivity contribution in [3.63, 3.8) is 0 Å². The lowest BCUT2D eigenvalue weighted by molar-refractivity contribution is -0.132. The molecule has 1 heterocycles. The van der Waals surface area contributed by atoms with E-state index in [0.717, 1.165) is 19.3 Å². The number of carbonyl (C=O) groups is 1. The quantitative estimate of drug-likeness (QED) is 0.896. The van der Waals surface area contributed by atoms with Gasteiger partial charge in [0, 0.05) is 21.7 Å². The number of nitrogens with two attached hydrogens (primary N) is 1. The van der Waals surface area contributed by atoms with Crippen LogP contribution >= 0.6 is 11.3 Å². The first-order chi connectivity index (χ1) is 9.86. The van der Waals surface area contributed by atoms with Gasteiger partial charge in [-0.1, -0.05) is 27.7 Å². The molecular weight excluding hydrogens is 280 g/mol. The molecule has 3 atom stereocenters. The first-order valence-corrected chi connectivity index (χ1v) is 8.78. The number of hydrogen-bond acceptors (Lipinski definition) is 3. The van der Waals surface area contributed by atoms with Crippen LogP contribution in [-0.2, 0) is 17.8 Å². The Bertz CT molecular complexity index is 495. The molecule has 1 fully saturated rings. The van der Waals surface area contributed by atoms with E-state index in [1.165, 1.54) is 9.75 Å². The lowest BCUT2D eigenvalue weighted by atomic mass is 9.61. The summed E-state index contributed by atoms with van der Waals surface area (Å²) in [4.78, 5) is 15.2. The molecule has 0 aliphatic heterocycles. The average molecular weight is 308 g/mol. The van der Waals surface area contributed by atoms with Crippen LogP contribution in [0.15, 0.2) is 12.1 Å². The Labute approximate surface area is 132 Å². The summed E-state index contributed by atoms with van der Waals surface area (Å²) in [5, 5.41) is 3.13. The Kier molecular flexibility index (Phi) is 5.10. The second-order valence-electron chi connectivity index (χ2n) is 6.84. The van der Waals surface area contributed by atoms with Crippen LogP contribution < -0.4 is 11.1 Å². The van der Waals surface area contributed by atoms with Crippen LogP contribution in [0.25, 0.3) is 0 Å². The van der Waals surface area contributed by atoms with Crippen molar-refractivity contribution in [1.82, 2.24) is 5.32 Å². The van der Waals surface area contributed by atoms with E-state index in [9.17, 15) is 4.79 Å². The van der Waals surface area contributed by atoms with Gasteiger partial charge in [-0.05, 0) is 42.7 Å². The number of nitrogens with one attached hydrogen (secondary N) is 1. The third-order valence-corrected chi connectivity index (χ3v) is 6.55. The number of rotatable bonds is 4. The molecule has 3 unspecified atom stereocenters. The fourth-order valence-electron chi connectivity index (χ4n) is 3.32. The van der Waals surface area contributed by atoms with Crippen molar-refractivity contribution in [2.24, 2.45) is 23.0 Å². The minimum absolute atomic E-state index is 0.0359. The average Bonchev–Trinajstić information content (AvgIpc) is 2.90. The summed E-state index contributed by atoms with van der Waals surface area (Å²) in [6.45, 7) is 9.35. The van der Waals surface area contributed by atoms with E-state index < -0.39 is 0 Å². The van der Waals surface area contributed by atoms with E-state index in [4.69, 9.17) is 5.73 Å². The number of aryl methyl sites for hydroxylation is 1. The van der Waals surface area contributed by atoms with Crippen LogP contribution in [0.1, 0.15) is 50.3 Å². The molecule has 118 valence electrons. The molecule has 4 heteroatoms. The van der Waals surface area contributed by atoms with Crippen molar-refractivity contribution in [3.8, 4) is 0 Å². The van der Waals surface area contributed by atoms with Gasteiger partial charge in [0.05, 0.1) is 6.54 Å². The molecule has 0 bridgehead atoms. The molecule has 21 heavy (non-hydrogen) atoms. The Morgan fingerprint density at radius 1 is 1.38 bits per heavy atom. The van der Waals surface area contributed by atoms with Gasteiger partial charge < -0.3 is 11.1 Å². The molecule has 1 aromatic rings. The first kappa shape index (κ1) is 16.5. The van der Waals surface area contributed by atoms with Gasteiger partial charge >= 0.3 is 0 Å². The minimum Gasteiger partial charge on any atom is -0.351 e. The number of amides is 1. The fourth-order valence-corrected chi connectivity index (χ4v) is 4.22.